The van der Waals surface area contributed by atoms with Gasteiger partial charge in [-0.3, -0.25) is 4.79 Å². The number of carbonyl (C=O) groups is 2. The van der Waals surface area contributed by atoms with Gasteiger partial charge >= 0.3 is 5.97 Å². The van der Waals surface area contributed by atoms with E-state index in [-0.39, 0.29) is 24.0 Å². The molecule has 4 aliphatic carbocycles. The number of carboxylic acids is 1. The van der Waals surface area contributed by atoms with E-state index in [1.165, 1.54) is 5.57 Å². The molecule has 4 rings (SSSR count). The lowest BCUT2D eigenvalue weighted by Gasteiger charge is -2.58. The Morgan fingerprint density at radius 3 is 2.59 bits per heavy atom. The van der Waals surface area contributed by atoms with Crippen molar-refractivity contribution in [3.63, 3.8) is 0 Å². The standard InChI is InChI=1S/C29H42N2O6/c1-6-29(36)14-11-22-20-8-7-18-15-19(9-12-27(18,4)21(20)10-13-28(22,29)5)31-37-16-23(32)30-17-26(2,3)24(33)25(34)35/h1,15,20-22,24,33,36H,7-14,16-17H2,2-5H3,(H,30,32)(H,34,35)/b31-19-/t20-,21+,22+,24-,27+,28+,29-/m1/s1. The Bertz CT molecular complexity index is 1040. The minimum Gasteiger partial charge on any atom is -0.479 e. The van der Waals surface area contributed by atoms with Crippen molar-refractivity contribution in [2.24, 2.45) is 39.2 Å². The van der Waals surface area contributed by atoms with Crippen molar-refractivity contribution < 1.29 is 29.7 Å². The molecule has 4 N–H and O–H groups in total. The average Bonchev–Trinajstić information content (AvgIpc) is 3.13. The summed E-state index contributed by atoms with van der Waals surface area (Å²) in [6, 6.07) is 0. The Morgan fingerprint density at radius 1 is 1.22 bits per heavy atom. The van der Waals surface area contributed by atoms with Crippen LogP contribution in [0.1, 0.15) is 79.1 Å². The van der Waals surface area contributed by atoms with Gasteiger partial charge in [0.25, 0.3) is 5.91 Å². The molecular formula is C29H42N2O6. The Kier molecular flexibility index (Phi) is 7.28. The Morgan fingerprint density at radius 2 is 1.92 bits per heavy atom. The number of amides is 1. The Balaban J connectivity index is 1.36. The quantitative estimate of drug-likeness (QED) is 0.305. The molecule has 0 aromatic rings. The van der Waals surface area contributed by atoms with Gasteiger partial charge in [0, 0.05) is 17.4 Å². The van der Waals surface area contributed by atoms with Gasteiger partial charge < -0.3 is 25.5 Å². The summed E-state index contributed by atoms with van der Waals surface area (Å²) < 4.78 is 0. The molecule has 7 atom stereocenters. The Labute approximate surface area is 219 Å². The molecule has 3 fully saturated rings. The summed E-state index contributed by atoms with van der Waals surface area (Å²) in [7, 11) is 0. The third kappa shape index (κ3) is 4.70. The van der Waals surface area contributed by atoms with Gasteiger partial charge in [0.05, 0.1) is 5.71 Å². The number of carbonyl (C=O) groups excluding carboxylic acids is 1. The van der Waals surface area contributed by atoms with Crippen molar-refractivity contribution in [2.45, 2.75) is 90.8 Å². The van der Waals surface area contributed by atoms with Crippen LogP contribution in [-0.2, 0) is 14.4 Å². The number of hydrogen-bond acceptors (Lipinski definition) is 6. The predicted octanol–water partition coefficient (Wildman–Crippen LogP) is 3.27. The molecule has 1 amide bonds. The summed E-state index contributed by atoms with van der Waals surface area (Å²) in [5.74, 6) is 2.61. The Hall–Kier alpha value is -2.37. The molecular weight excluding hydrogens is 472 g/mol. The van der Waals surface area contributed by atoms with Gasteiger partial charge in [-0.15, -0.1) is 6.42 Å². The maximum Gasteiger partial charge on any atom is 0.333 e. The molecule has 0 radical (unpaired) electrons. The summed E-state index contributed by atoms with van der Waals surface area (Å²) in [5.41, 5.74) is 0.152. The summed E-state index contributed by atoms with van der Waals surface area (Å²) in [6.45, 7) is 7.47. The van der Waals surface area contributed by atoms with Crippen molar-refractivity contribution in [3.8, 4) is 12.3 Å². The summed E-state index contributed by atoms with van der Waals surface area (Å²) >= 11 is 0. The number of terminal acetylenes is 1. The van der Waals surface area contributed by atoms with E-state index in [4.69, 9.17) is 16.4 Å². The molecule has 0 unspecified atom stereocenters. The lowest BCUT2D eigenvalue weighted by Crippen LogP contribution is -2.54. The van der Waals surface area contributed by atoms with E-state index >= 15 is 0 Å². The van der Waals surface area contributed by atoms with Gasteiger partial charge in [0.2, 0.25) is 0 Å². The van der Waals surface area contributed by atoms with Crippen LogP contribution in [0.15, 0.2) is 16.8 Å². The van der Waals surface area contributed by atoms with Crippen LogP contribution < -0.4 is 5.32 Å². The van der Waals surface area contributed by atoms with Crippen molar-refractivity contribution in [3.05, 3.63) is 11.6 Å². The number of fused-ring (bicyclic) bond motifs is 5. The summed E-state index contributed by atoms with van der Waals surface area (Å²) in [6.07, 6.45) is 14.0. The SMILES string of the molecule is C#C[C@@]1(O)CC[C@H]2[C@@H]3CCC4=C/C(=N\OCC(=O)NCC(C)(C)[C@H](O)C(=O)O)CC[C@]4(C)[C@H]3CC[C@@]21C. The van der Waals surface area contributed by atoms with E-state index in [1.807, 2.05) is 0 Å². The van der Waals surface area contributed by atoms with Crippen molar-refractivity contribution >= 4 is 17.6 Å². The normalized spacial score (nSPS) is 38.9. The zero-order valence-electron chi connectivity index (χ0n) is 22.5. The monoisotopic (exact) mass is 514 g/mol. The van der Waals surface area contributed by atoms with Gasteiger partial charge in [-0.1, -0.05) is 44.3 Å². The van der Waals surface area contributed by atoms with Gasteiger partial charge in [-0.05, 0) is 80.6 Å². The smallest absolute Gasteiger partial charge is 0.333 e. The molecule has 8 heteroatoms. The highest BCUT2D eigenvalue weighted by molar-refractivity contribution is 5.96. The van der Waals surface area contributed by atoms with Crippen LogP contribution in [0.25, 0.3) is 0 Å². The molecule has 0 bridgehead atoms. The van der Waals surface area contributed by atoms with Crippen LogP contribution in [0.4, 0.5) is 0 Å². The first-order chi connectivity index (χ1) is 17.3. The van der Waals surface area contributed by atoms with Crippen molar-refractivity contribution in [1.29, 1.82) is 0 Å². The predicted molar refractivity (Wildman–Crippen MR) is 139 cm³/mol. The van der Waals surface area contributed by atoms with Crippen LogP contribution in [0, 0.1) is 46.3 Å². The number of oxime groups is 1. The van der Waals surface area contributed by atoms with E-state index in [0.29, 0.717) is 24.2 Å². The van der Waals surface area contributed by atoms with E-state index in [1.54, 1.807) is 13.8 Å². The fourth-order valence-corrected chi connectivity index (χ4v) is 7.88. The maximum absolute atomic E-state index is 12.2. The van der Waals surface area contributed by atoms with E-state index < -0.39 is 29.0 Å². The molecule has 3 saturated carbocycles. The minimum atomic E-state index is -1.58. The molecule has 0 heterocycles. The van der Waals surface area contributed by atoms with Crippen LogP contribution in [0.2, 0.25) is 0 Å². The molecule has 8 nitrogen and oxygen atoms in total. The maximum atomic E-state index is 12.2. The number of aliphatic hydroxyl groups is 2. The minimum absolute atomic E-state index is 0.00295. The highest BCUT2D eigenvalue weighted by Crippen LogP contribution is 2.67. The fraction of sp³-hybridized carbons (Fsp3) is 0.759. The number of aliphatic carboxylic acids is 1. The van der Waals surface area contributed by atoms with Crippen molar-refractivity contribution in [1.82, 2.24) is 5.32 Å². The van der Waals surface area contributed by atoms with Crippen LogP contribution in [0.5, 0.6) is 0 Å². The lowest BCUT2D eigenvalue weighted by atomic mass is 9.46. The van der Waals surface area contributed by atoms with Crippen LogP contribution >= 0.6 is 0 Å². The molecule has 0 aromatic heterocycles. The average molecular weight is 515 g/mol. The zero-order valence-corrected chi connectivity index (χ0v) is 22.5. The molecule has 0 aromatic carbocycles. The first-order valence-corrected chi connectivity index (χ1v) is 13.5. The summed E-state index contributed by atoms with van der Waals surface area (Å²) in [4.78, 5) is 28.5. The number of nitrogens with one attached hydrogen (secondary N) is 1. The molecule has 37 heavy (non-hydrogen) atoms. The number of aliphatic hydroxyl groups excluding tert-OH is 1. The first-order valence-electron chi connectivity index (χ1n) is 13.5. The zero-order chi connectivity index (χ0) is 27.2. The molecule has 0 spiro atoms. The number of hydrogen-bond donors (Lipinski definition) is 4. The second-order valence-corrected chi connectivity index (χ2v) is 12.9. The molecule has 204 valence electrons. The van der Waals surface area contributed by atoms with Crippen molar-refractivity contribution in [2.75, 3.05) is 13.2 Å². The second kappa shape index (κ2) is 9.74. The number of rotatable bonds is 7. The highest BCUT2D eigenvalue weighted by atomic mass is 16.6. The van der Waals surface area contributed by atoms with Gasteiger partial charge in [0.15, 0.2) is 12.7 Å². The van der Waals surface area contributed by atoms with E-state index in [9.17, 15) is 19.8 Å². The summed E-state index contributed by atoms with van der Waals surface area (Å²) in [5, 5.41) is 36.8. The van der Waals surface area contributed by atoms with Gasteiger partial charge in [-0.25, -0.2) is 4.79 Å². The first kappa shape index (κ1) is 27.7. The second-order valence-electron chi connectivity index (χ2n) is 12.9. The number of nitrogens with zero attached hydrogens (tertiary/aromatic N) is 1. The largest absolute Gasteiger partial charge is 0.479 e. The molecule has 0 aliphatic heterocycles. The van der Waals surface area contributed by atoms with Crippen LogP contribution in [0.3, 0.4) is 0 Å². The van der Waals surface area contributed by atoms with E-state index in [0.717, 1.165) is 50.7 Å². The van der Waals surface area contributed by atoms with Gasteiger partial charge in [-0.2, -0.15) is 0 Å². The number of allylic oxidation sites excluding steroid dienone is 2. The third-order valence-electron chi connectivity index (χ3n) is 10.5. The lowest BCUT2D eigenvalue weighted by molar-refractivity contribution is -0.153. The van der Waals surface area contributed by atoms with Crippen LogP contribution in [-0.4, -0.2) is 57.8 Å². The highest BCUT2D eigenvalue weighted by Gasteiger charge is 2.63. The van der Waals surface area contributed by atoms with Gasteiger partial charge in [0.1, 0.15) is 5.60 Å². The fourth-order valence-electron chi connectivity index (χ4n) is 7.88. The molecule has 4 aliphatic rings. The third-order valence-corrected chi connectivity index (χ3v) is 10.5. The van der Waals surface area contributed by atoms with E-state index in [2.05, 4.69) is 36.3 Å². The number of carboxylic acid groups (broad SMARTS) is 1. The topological polar surface area (TPSA) is 128 Å². The molecule has 0 saturated heterocycles.